The molecule has 11 heteroatoms. The van der Waals surface area contributed by atoms with Crippen LogP contribution in [0.15, 0.2) is 46.0 Å². The Balaban J connectivity index is 1.37. The van der Waals surface area contributed by atoms with E-state index >= 15 is 0 Å². The van der Waals surface area contributed by atoms with Crippen LogP contribution in [0.25, 0.3) is 0 Å². The maximum absolute atomic E-state index is 13.0. The summed E-state index contributed by atoms with van der Waals surface area (Å²) in [6.45, 7) is 3.17. The Hall–Kier alpha value is -2.76. The van der Waals surface area contributed by atoms with Crippen LogP contribution in [0.3, 0.4) is 0 Å². The van der Waals surface area contributed by atoms with Crippen molar-refractivity contribution in [2.24, 2.45) is 5.92 Å². The molecule has 1 aromatic carbocycles. The van der Waals surface area contributed by atoms with Gasteiger partial charge in [-0.05, 0) is 50.3 Å². The van der Waals surface area contributed by atoms with Crippen LogP contribution in [0.1, 0.15) is 26.7 Å². The Morgan fingerprint density at radius 1 is 1.15 bits per heavy atom. The number of fused-ring (bicyclic) bond motifs is 1. The molecule has 33 heavy (non-hydrogen) atoms. The van der Waals surface area contributed by atoms with Crippen molar-refractivity contribution in [1.82, 2.24) is 4.31 Å². The first-order valence-corrected chi connectivity index (χ1v) is 12.9. The number of amides is 2. The lowest BCUT2D eigenvalue weighted by atomic mass is 9.96. The van der Waals surface area contributed by atoms with E-state index in [4.69, 9.17) is 4.74 Å². The molecule has 2 aliphatic heterocycles. The Morgan fingerprint density at radius 2 is 1.85 bits per heavy atom. The number of hydrogen-bond donors (Lipinski definition) is 1. The van der Waals surface area contributed by atoms with Gasteiger partial charge in [-0.25, -0.2) is 8.42 Å². The van der Waals surface area contributed by atoms with Crippen LogP contribution in [0.2, 0.25) is 0 Å². The predicted octanol–water partition coefficient (Wildman–Crippen LogP) is 2.46. The summed E-state index contributed by atoms with van der Waals surface area (Å²) in [5.41, 5.74) is -0.102. The van der Waals surface area contributed by atoms with Gasteiger partial charge < -0.3 is 10.1 Å². The van der Waals surface area contributed by atoms with Crippen LogP contribution in [0.5, 0.6) is 0 Å². The summed E-state index contributed by atoms with van der Waals surface area (Å²) in [4.78, 5) is 39.5. The molecule has 176 valence electrons. The molecule has 1 aromatic heterocycles. The molecule has 0 aliphatic carbocycles. The number of anilines is 2. The van der Waals surface area contributed by atoms with E-state index in [1.807, 2.05) is 0 Å². The number of nitrogens with zero attached hydrogens (tertiary/aromatic N) is 2. The van der Waals surface area contributed by atoms with E-state index in [9.17, 15) is 22.8 Å². The number of sulfonamides is 1. The second-order valence-electron chi connectivity index (χ2n) is 8.48. The Bertz CT molecular complexity index is 1170. The number of benzene rings is 1. The van der Waals surface area contributed by atoms with Crippen LogP contribution >= 0.6 is 11.3 Å². The molecular weight excluding hydrogens is 466 g/mol. The van der Waals surface area contributed by atoms with E-state index < -0.39 is 40.0 Å². The zero-order valence-corrected chi connectivity index (χ0v) is 19.9. The summed E-state index contributed by atoms with van der Waals surface area (Å²) in [6, 6.07) is 10.2. The average molecular weight is 492 g/mol. The number of piperidine rings is 1. The summed E-state index contributed by atoms with van der Waals surface area (Å²) in [5, 5.41) is 4.49. The van der Waals surface area contributed by atoms with E-state index in [1.54, 1.807) is 55.6 Å². The van der Waals surface area contributed by atoms with Crippen molar-refractivity contribution < 1.29 is 27.5 Å². The topological polar surface area (TPSA) is 113 Å². The smallest absolute Gasteiger partial charge is 0.309 e. The minimum Gasteiger partial charge on any atom is -0.455 e. The maximum Gasteiger partial charge on any atom is 0.309 e. The molecule has 0 radical (unpaired) electrons. The number of nitrogens with one attached hydrogen (secondary N) is 1. The number of carbonyl (C=O) groups excluding carboxylic acids is 3. The van der Waals surface area contributed by atoms with E-state index in [0.29, 0.717) is 24.2 Å². The molecule has 0 spiro atoms. The number of thiophene rings is 1. The zero-order chi connectivity index (χ0) is 23.8. The van der Waals surface area contributed by atoms with Gasteiger partial charge in [0.1, 0.15) is 9.75 Å². The quantitative estimate of drug-likeness (QED) is 0.643. The molecule has 9 nitrogen and oxygen atoms in total. The van der Waals surface area contributed by atoms with Gasteiger partial charge >= 0.3 is 5.97 Å². The van der Waals surface area contributed by atoms with Gasteiger partial charge in [-0.1, -0.05) is 18.2 Å². The number of esters is 1. The molecule has 0 bridgehead atoms. The highest BCUT2D eigenvalue weighted by Gasteiger charge is 2.44. The molecule has 1 fully saturated rings. The highest BCUT2D eigenvalue weighted by Crippen LogP contribution is 2.36. The van der Waals surface area contributed by atoms with E-state index in [0.717, 1.165) is 11.3 Å². The molecule has 4 rings (SSSR count). The van der Waals surface area contributed by atoms with Gasteiger partial charge in [0.05, 0.1) is 17.3 Å². The van der Waals surface area contributed by atoms with Crippen LogP contribution in [0.4, 0.5) is 11.4 Å². The van der Waals surface area contributed by atoms with Crippen molar-refractivity contribution in [3.63, 3.8) is 0 Å². The van der Waals surface area contributed by atoms with Gasteiger partial charge in [0.2, 0.25) is 5.91 Å². The highest BCUT2D eigenvalue weighted by atomic mass is 32.2. The second kappa shape index (κ2) is 8.88. The van der Waals surface area contributed by atoms with Gasteiger partial charge in [-0.15, -0.1) is 11.3 Å². The number of rotatable bonds is 5. The molecule has 2 aromatic rings. The van der Waals surface area contributed by atoms with Gasteiger partial charge in [-0.3, -0.25) is 19.3 Å². The maximum atomic E-state index is 13.0. The van der Waals surface area contributed by atoms with Crippen molar-refractivity contribution in [3.05, 3.63) is 41.8 Å². The number of carbonyl (C=O) groups is 3. The fraction of sp³-hybridized carbons (Fsp3) is 0.409. The lowest BCUT2D eigenvalue weighted by molar-refractivity contribution is -0.153. The summed E-state index contributed by atoms with van der Waals surface area (Å²) in [5.74, 6) is -1.87. The summed E-state index contributed by atoms with van der Waals surface area (Å²) >= 11 is 1.16. The number of ether oxygens (including phenoxy) is 1. The van der Waals surface area contributed by atoms with Crippen molar-refractivity contribution >= 4 is 50.5 Å². The van der Waals surface area contributed by atoms with Gasteiger partial charge in [0, 0.05) is 13.1 Å². The fourth-order valence-corrected chi connectivity index (χ4v) is 6.70. The van der Waals surface area contributed by atoms with Crippen LogP contribution in [0, 0.1) is 5.92 Å². The standard InChI is InChI=1S/C22H25N3O6S2/c1-22(2)21(28)23-16-6-3-4-7-17(16)25(22)18(26)14-31-20(27)15-9-11-24(12-10-15)33(29,30)19-8-5-13-32-19/h3-8,13,15H,9-12,14H2,1-2H3,(H,23,28). The lowest BCUT2D eigenvalue weighted by Gasteiger charge is -2.41. The minimum atomic E-state index is -3.55. The van der Waals surface area contributed by atoms with E-state index in [1.165, 1.54) is 9.21 Å². The second-order valence-corrected chi connectivity index (χ2v) is 11.6. The van der Waals surface area contributed by atoms with Crippen LogP contribution in [-0.2, 0) is 29.1 Å². The lowest BCUT2D eigenvalue weighted by Crippen LogP contribution is -2.59. The molecule has 1 N–H and O–H groups in total. The first-order chi connectivity index (χ1) is 15.6. The molecule has 1 saturated heterocycles. The summed E-state index contributed by atoms with van der Waals surface area (Å²) < 4.78 is 32.2. The van der Waals surface area contributed by atoms with Crippen molar-refractivity contribution in [2.75, 3.05) is 29.9 Å². The third-order valence-electron chi connectivity index (χ3n) is 5.97. The minimum absolute atomic E-state index is 0.209. The molecular formula is C22H25N3O6S2. The van der Waals surface area contributed by atoms with E-state index in [2.05, 4.69) is 5.32 Å². The van der Waals surface area contributed by atoms with Crippen molar-refractivity contribution in [2.45, 2.75) is 36.4 Å². The van der Waals surface area contributed by atoms with Crippen LogP contribution in [-0.4, -0.2) is 55.7 Å². The molecule has 3 heterocycles. The SMILES string of the molecule is CC1(C)C(=O)Nc2ccccc2N1C(=O)COC(=O)C1CCN(S(=O)(=O)c2cccs2)CC1. The number of hydrogen-bond acceptors (Lipinski definition) is 7. The largest absolute Gasteiger partial charge is 0.455 e. The Labute approximate surface area is 196 Å². The Kier molecular flexibility index (Phi) is 6.30. The molecule has 0 saturated carbocycles. The van der Waals surface area contributed by atoms with Gasteiger partial charge in [-0.2, -0.15) is 4.31 Å². The van der Waals surface area contributed by atoms with Crippen molar-refractivity contribution in [3.8, 4) is 0 Å². The van der Waals surface area contributed by atoms with Gasteiger partial charge in [0.25, 0.3) is 15.9 Å². The molecule has 2 aliphatic rings. The van der Waals surface area contributed by atoms with Crippen LogP contribution < -0.4 is 10.2 Å². The molecule has 0 unspecified atom stereocenters. The zero-order valence-electron chi connectivity index (χ0n) is 18.3. The molecule has 0 atom stereocenters. The highest BCUT2D eigenvalue weighted by molar-refractivity contribution is 7.91. The average Bonchev–Trinajstić information content (AvgIpc) is 3.34. The van der Waals surface area contributed by atoms with E-state index in [-0.39, 0.29) is 23.2 Å². The van der Waals surface area contributed by atoms with Gasteiger partial charge in [0.15, 0.2) is 6.61 Å². The normalized spacial score (nSPS) is 19.0. The fourth-order valence-electron chi connectivity index (χ4n) is 4.08. The summed E-state index contributed by atoms with van der Waals surface area (Å²) in [6.07, 6.45) is 0.635. The third-order valence-corrected chi connectivity index (χ3v) is 9.24. The monoisotopic (exact) mass is 491 g/mol. The molecule has 2 amide bonds. The first-order valence-electron chi connectivity index (χ1n) is 10.6. The predicted molar refractivity (Wildman–Crippen MR) is 123 cm³/mol. The number of para-hydroxylation sites is 2. The Morgan fingerprint density at radius 3 is 2.52 bits per heavy atom. The first kappa shape index (κ1) is 23.4. The third kappa shape index (κ3) is 4.40. The summed E-state index contributed by atoms with van der Waals surface area (Å²) in [7, 11) is -3.55. The van der Waals surface area contributed by atoms with Crippen molar-refractivity contribution in [1.29, 1.82) is 0 Å².